The average Bonchev–Trinajstić information content (AvgIpc) is 3.12. The first-order valence-electron chi connectivity index (χ1n) is 10.6. The number of thioether (sulfide) groups is 1. The Morgan fingerprint density at radius 1 is 1.17 bits per heavy atom. The van der Waals surface area contributed by atoms with Crippen molar-refractivity contribution in [3.05, 3.63) is 56.0 Å². The van der Waals surface area contributed by atoms with Gasteiger partial charge in [-0.25, -0.2) is 9.79 Å². The van der Waals surface area contributed by atoms with Crippen LogP contribution in [0.2, 0.25) is 0 Å². The Bertz CT molecular complexity index is 1200. The topological polar surface area (TPSA) is 121 Å². The molecule has 9 nitrogen and oxygen atoms in total. The van der Waals surface area contributed by atoms with Gasteiger partial charge in [0.05, 0.1) is 33.4 Å². The van der Waals surface area contributed by atoms with Gasteiger partial charge in [0.2, 0.25) is 0 Å². The lowest BCUT2D eigenvalue weighted by atomic mass is 10.2. The van der Waals surface area contributed by atoms with Gasteiger partial charge in [0.15, 0.2) is 23.3 Å². The number of nitrogens with zero attached hydrogens (tertiary/aromatic N) is 2. The van der Waals surface area contributed by atoms with Gasteiger partial charge >= 0.3 is 5.97 Å². The van der Waals surface area contributed by atoms with Crippen LogP contribution in [-0.2, 0) is 14.3 Å². The monoisotopic (exact) mass is 609 g/mol. The van der Waals surface area contributed by atoms with Crippen LogP contribution in [0, 0.1) is 3.57 Å². The van der Waals surface area contributed by atoms with Crippen molar-refractivity contribution in [2.75, 3.05) is 26.9 Å². The third-order valence-electron chi connectivity index (χ3n) is 4.71. The number of methoxy groups -OCH3 is 1. The standard InChI is InChI=1S/C24H24IN3O6S/c1-4-28-22(30)19(35-24(28)27-16-8-6-15(7-9-16)23(31)32-3)12-14-10-17(25)21(34-13-20(26)29)18(11-14)33-5-2/h6-12H,4-5,13H2,1-3H3,(H2,26,29)/b19-12+,27-24?. The Kier molecular flexibility index (Phi) is 9.15. The third-order valence-corrected chi connectivity index (χ3v) is 6.51. The maximum Gasteiger partial charge on any atom is 0.337 e. The van der Waals surface area contributed by atoms with Crippen LogP contribution in [0.3, 0.4) is 0 Å². The molecule has 2 amide bonds. The summed E-state index contributed by atoms with van der Waals surface area (Å²) in [5.74, 6) is -0.304. The van der Waals surface area contributed by atoms with Crippen LogP contribution in [0.5, 0.6) is 11.5 Å². The molecule has 1 fully saturated rings. The van der Waals surface area contributed by atoms with Gasteiger partial charge in [0.25, 0.3) is 11.8 Å². The number of likely N-dealkylation sites (N-methyl/N-ethyl adjacent to an activating group) is 1. The number of hydrogen-bond donors (Lipinski definition) is 1. The summed E-state index contributed by atoms with van der Waals surface area (Å²) in [4.78, 5) is 42.5. The minimum atomic E-state index is -0.589. The van der Waals surface area contributed by atoms with E-state index in [0.717, 1.165) is 5.56 Å². The highest BCUT2D eigenvalue weighted by atomic mass is 127. The van der Waals surface area contributed by atoms with E-state index in [4.69, 9.17) is 19.9 Å². The Morgan fingerprint density at radius 2 is 1.89 bits per heavy atom. The molecule has 0 atom stereocenters. The molecule has 1 heterocycles. The molecule has 184 valence electrons. The van der Waals surface area contributed by atoms with Gasteiger partial charge in [-0.3, -0.25) is 14.5 Å². The molecule has 3 rings (SSSR count). The first-order valence-corrected chi connectivity index (χ1v) is 12.5. The lowest BCUT2D eigenvalue weighted by Gasteiger charge is -2.14. The largest absolute Gasteiger partial charge is 0.490 e. The van der Waals surface area contributed by atoms with E-state index in [1.807, 2.05) is 19.9 Å². The molecule has 11 heteroatoms. The van der Waals surface area contributed by atoms with Crippen molar-refractivity contribution in [1.82, 2.24) is 4.90 Å². The number of hydrogen-bond acceptors (Lipinski definition) is 8. The SMILES string of the molecule is CCOc1cc(/C=C2/SC(=Nc3ccc(C(=O)OC)cc3)N(CC)C2=O)cc(I)c1OCC(N)=O. The maximum absolute atomic E-state index is 13.0. The molecule has 0 saturated carbocycles. The molecule has 0 aromatic heterocycles. The summed E-state index contributed by atoms with van der Waals surface area (Å²) in [6.07, 6.45) is 1.76. The summed E-state index contributed by atoms with van der Waals surface area (Å²) in [7, 11) is 1.32. The predicted molar refractivity (Wildman–Crippen MR) is 143 cm³/mol. The number of benzene rings is 2. The number of primary amides is 1. The second-order valence-electron chi connectivity index (χ2n) is 7.11. The van der Waals surface area contributed by atoms with Crippen molar-refractivity contribution in [1.29, 1.82) is 0 Å². The molecule has 2 N–H and O–H groups in total. The van der Waals surface area contributed by atoms with Gasteiger partial charge in [0.1, 0.15) is 0 Å². The summed E-state index contributed by atoms with van der Waals surface area (Å²) in [6.45, 7) is 4.29. The number of ether oxygens (including phenoxy) is 3. The molecule has 0 radical (unpaired) electrons. The number of esters is 1. The summed E-state index contributed by atoms with van der Waals surface area (Å²) in [5.41, 5.74) is 6.96. The molecule has 1 aliphatic heterocycles. The fraction of sp³-hybridized carbons (Fsp3) is 0.250. The molecule has 0 unspecified atom stereocenters. The molecule has 0 bridgehead atoms. The second-order valence-corrected chi connectivity index (χ2v) is 9.28. The van der Waals surface area contributed by atoms with Crippen LogP contribution in [0.15, 0.2) is 46.3 Å². The fourth-order valence-electron chi connectivity index (χ4n) is 3.14. The van der Waals surface area contributed by atoms with Crippen LogP contribution in [0.25, 0.3) is 6.08 Å². The van der Waals surface area contributed by atoms with Gasteiger partial charge in [0, 0.05) is 6.54 Å². The Hall–Kier alpha value is -3.06. The van der Waals surface area contributed by atoms with Crippen molar-refractivity contribution in [2.24, 2.45) is 10.7 Å². The highest BCUT2D eigenvalue weighted by molar-refractivity contribution is 14.1. The van der Waals surface area contributed by atoms with Crippen LogP contribution in [-0.4, -0.2) is 54.7 Å². The van der Waals surface area contributed by atoms with E-state index >= 15 is 0 Å². The predicted octanol–water partition coefficient (Wildman–Crippen LogP) is 3.96. The number of carbonyl (C=O) groups excluding carboxylic acids is 3. The molecule has 2 aromatic rings. The van der Waals surface area contributed by atoms with Crippen molar-refractivity contribution < 1.29 is 28.6 Å². The zero-order chi connectivity index (χ0) is 25.5. The second kappa shape index (κ2) is 12.1. The summed E-state index contributed by atoms with van der Waals surface area (Å²) in [5, 5.41) is 0.538. The summed E-state index contributed by atoms with van der Waals surface area (Å²) in [6, 6.07) is 10.2. The third kappa shape index (κ3) is 6.54. The quantitative estimate of drug-likeness (QED) is 0.260. The molecule has 0 aliphatic carbocycles. The van der Waals surface area contributed by atoms with Gasteiger partial charge in [-0.15, -0.1) is 0 Å². The highest BCUT2D eigenvalue weighted by Crippen LogP contribution is 2.38. The molecular formula is C24H24IN3O6S. The van der Waals surface area contributed by atoms with Gasteiger partial charge < -0.3 is 19.9 Å². The smallest absolute Gasteiger partial charge is 0.337 e. The fourth-order valence-corrected chi connectivity index (χ4v) is 4.98. The van der Waals surface area contributed by atoms with Crippen molar-refractivity contribution >= 4 is 69.1 Å². The molecule has 1 aliphatic rings. The van der Waals surface area contributed by atoms with E-state index < -0.39 is 11.9 Å². The zero-order valence-electron chi connectivity index (χ0n) is 19.4. The average molecular weight is 609 g/mol. The zero-order valence-corrected chi connectivity index (χ0v) is 22.3. The number of rotatable bonds is 9. The number of aliphatic imine (C=N–C) groups is 1. The van der Waals surface area contributed by atoms with Crippen molar-refractivity contribution in [3.63, 3.8) is 0 Å². The number of carbonyl (C=O) groups is 3. The minimum Gasteiger partial charge on any atom is -0.490 e. The number of nitrogens with two attached hydrogens (primary N) is 1. The molecular weight excluding hydrogens is 585 g/mol. The van der Waals surface area contributed by atoms with Crippen LogP contribution in [0.4, 0.5) is 5.69 Å². The molecule has 35 heavy (non-hydrogen) atoms. The summed E-state index contributed by atoms with van der Waals surface area (Å²) < 4.78 is 16.6. The van der Waals surface area contributed by atoms with Gasteiger partial charge in [-0.05, 0) is 96.2 Å². The first-order chi connectivity index (χ1) is 16.8. The first kappa shape index (κ1) is 26.5. The Balaban J connectivity index is 1.91. The van der Waals surface area contributed by atoms with Crippen molar-refractivity contribution in [2.45, 2.75) is 13.8 Å². The molecule has 2 aromatic carbocycles. The van der Waals surface area contributed by atoms with E-state index in [2.05, 4.69) is 27.6 Å². The Labute approximate surface area is 220 Å². The van der Waals surface area contributed by atoms with E-state index in [1.54, 1.807) is 41.3 Å². The van der Waals surface area contributed by atoms with E-state index in [-0.39, 0.29) is 12.5 Å². The van der Waals surface area contributed by atoms with E-state index in [0.29, 0.717) is 49.5 Å². The minimum absolute atomic E-state index is 0.163. The summed E-state index contributed by atoms with van der Waals surface area (Å²) >= 11 is 3.34. The van der Waals surface area contributed by atoms with E-state index in [9.17, 15) is 14.4 Å². The highest BCUT2D eigenvalue weighted by Gasteiger charge is 2.32. The normalized spacial score (nSPS) is 15.5. The van der Waals surface area contributed by atoms with Crippen LogP contribution < -0.4 is 15.2 Å². The van der Waals surface area contributed by atoms with Crippen LogP contribution >= 0.6 is 34.4 Å². The molecule has 0 spiro atoms. The number of halogens is 1. The number of amidine groups is 1. The van der Waals surface area contributed by atoms with Crippen LogP contribution in [0.1, 0.15) is 29.8 Å². The number of amides is 2. The lowest BCUT2D eigenvalue weighted by Crippen LogP contribution is -2.28. The Morgan fingerprint density at radius 3 is 2.49 bits per heavy atom. The maximum atomic E-state index is 13.0. The molecule has 1 saturated heterocycles. The lowest BCUT2D eigenvalue weighted by molar-refractivity contribution is -0.122. The van der Waals surface area contributed by atoms with Gasteiger partial charge in [-0.1, -0.05) is 0 Å². The van der Waals surface area contributed by atoms with Gasteiger partial charge in [-0.2, -0.15) is 0 Å². The van der Waals surface area contributed by atoms with E-state index in [1.165, 1.54) is 18.9 Å². The van der Waals surface area contributed by atoms with Crippen molar-refractivity contribution in [3.8, 4) is 11.5 Å².